The SMILES string of the molecule is N[C@H]1CCCN(Cc2ccc(F)c(F)c2)C1. The van der Waals surface area contributed by atoms with Gasteiger partial charge in [0.1, 0.15) is 0 Å². The van der Waals surface area contributed by atoms with E-state index in [4.69, 9.17) is 5.73 Å². The van der Waals surface area contributed by atoms with Gasteiger partial charge in [0, 0.05) is 19.1 Å². The van der Waals surface area contributed by atoms with Gasteiger partial charge in [-0.3, -0.25) is 4.90 Å². The van der Waals surface area contributed by atoms with Gasteiger partial charge in [0.15, 0.2) is 11.6 Å². The summed E-state index contributed by atoms with van der Waals surface area (Å²) in [6.45, 7) is 2.45. The van der Waals surface area contributed by atoms with Crippen molar-refractivity contribution in [1.29, 1.82) is 0 Å². The fraction of sp³-hybridized carbons (Fsp3) is 0.500. The summed E-state index contributed by atoms with van der Waals surface area (Å²) in [4.78, 5) is 2.18. The lowest BCUT2D eigenvalue weighted by Crippen LogP contribution is -2.42. The van der Waals surface area contributed by atoms with Crippen LogP contribution in [-0.4, -0.2) is 24.0 Å². The van der Waals surface area contributed by atoms with Gasteiger partial charge >= 0.3 is 0 Å². The maximum Gasteiger partial charge on any atom is 0.159 e. The highest BCUT2D eigenvalue weighted by Gasteiger charge is 2.16. The quantitative estimate of drug-likeness (QED) is 0.834. The zero-order chi connectivity index (χ0) is 11.5. The van der Waals surface area contributed by atoms with Crippen molar-refractivity contribution >= 4 is 0 Å². The Morgan fingerprint density at radius 3 is 2.81 bits per heavy atom. The molecule has 0 aliphatic carbocycles. The monoisotopic (exact) mass is 226 g/mol. The Balaban J connectivity index is 2.00. The molecule has 1 aromatic carbocycles. The molecule has 0 spiro atoms. The molecule has 2 nitrogen and oxygen atoms in total. The van der Waals surface area contributed by atoms with Gasteiger partial charge in [-0.05, 0) is 37.1 Å². The number of nitrogens with zero attached hydrogens (tertiary/aromatic N) is 1. The summed E-state index contributed by atoms with van der Waals surface area (Å²) < 4.78 is 25.7. The lowest BCUT2D eigenvalue weighted by atomic mass is 10.1. The van der Waals surface area contributed by atoms with E-state index in [0.29, 0.717) is 6.54 Å². The minimum absolute atomic E-state index is 0.207. The van der Waals surface area contributed by atoms with Crippen LogP contribution in [0.1, 0.15) is 18.4 Å². The molecular weight excluding hydrogens is 210 g/mol. The van der Waals surface area contributed by atoms with E-state index in [9.17, 15) is 8.78 Å². The molecule has 1 saturated heterocycles. The standard InChI is InChI=1S/C12H16F2N2/c13-11-4-3-9(6-12(11)14)7-16-5-1-2-10(15)8-16/h3-4,6,10H,1-2,5,7-8,15H2/t10-/m0/s1. The van der Waals surface area contributed by atoms with Crippen LogP contribution >= 0.6 is 0 Å². The summed E-state index contributed by atoms with van der Waals surface area (Å²) >= 11 is 0. The lowest BCUT2D eigenvalue weighted by molar-refractivity contribution is 0.201. The van der Waals surface area contributed by atoms with E-state index in [1.165, 1.54) is 12.1 Å². The topological polar surface area (TPSA) is 29.3 Å². The van der Waals surface area contributed by atoms with Crippen molar-refractivity contribution < 1.29 is 8.78 Å². The molecule has 1 aliphatic heterocycles. The van der Waals surface area contributed by atoms with Crippen LogP contribution < -0.4 is 5.73 Å². The molecule has 1 fully saturated rings. The highest BCUT2D eigenvalue weighted by molar-refractivity contribution is 5.17. The van der Waals surface area contributed by atoms with Crippen LogP contribution in [0.3, 0.4) is 0 Å². The average Bonchev–Trinajstić information content (AvgIpc) is 2.24. The van der Waals surface area contributed by atoms with Crippen molar-refractivity contribution in [3.63, 3.8) is 0 Å². The molecule has 16 heavy (non-hydrogen) atoms. The third-order valence-corrected chi connectivity index (χ3v) is 2.93. The summed E-state index contributed by atoms with van der Waals surface area (Å²) in [5.74, 6) is -1.57. The van der Waals surface area contributed by atoms with Crippen LogP contribution in [0.25, 0.3) is 0 Å². The number of likely N-dealkylation sites (tertiary alicyclic amines) is 1. The number of piperidine rings is 1. The fourth-order valence-electron chi connectivity index (χ4n) is 2.13. The van der Waals surface area contributed by atoms with Crippen molar-refractivity contribution in [3.05, 3.63) is 35.4 Å². The minimum atomic E-state index is -0.793. The number of hydrogen-bond donors (Lipinski definition) is 1. The van der Waals surface area contributed by atoms with E-state index in [1.54, 1.807) is 6.07 Å². The zero-order valence-electron chi connectivity index (χ0n) is 9.13. The Morgan fingerprint density at radius 2 is 2.12 bits per heavy atom. The van der Waals surface area contributed by atoms with E-state index in [-0.39, 0.29) is 6.04 Å². The molecule has 1 aliphatic rings. The molecule has 2 rings (SSSR count). The van der Waals surface area contributed by atoms with Crippen molar-refractivity contribution in [2.75, 3.05) is 13.1 Å². The van der Waals surface area contributed by atoms with Gasteiger partial charge in [-0.25, -0.2) is 8.78 Å². The molecule has 88 valence electrons. The number of benzene rings is 1. The molecular formula is C12H16F2N2. The second kappa shape index (κ2) is 4.89. The van der Waals surface area contributed by atoms with Crippen molar-refractivity contribution in [2.45, 2.75) is 25.4 Å². The normalized spacial score (nSPS) is 22.3. The van der Waals surface area contributed by atoms with E-state index >= 15 is 0 Å². The second-order valence-electron chi connectivity index (χ2n) is 4.39. The Labute approximate surface area is 94.0 Å². The maximum absolute atomic E-state index is 13.0. The number of nitrogens with two attached hydrogens (primary N) is 1. The van der Waals surface area contributed by atoms with E-state index < -0.39 is 11.6 Å². The predicted molar refractivity (Wildman–Crippen MR) is 58.8 cm³/mol. The Bertz CT molecular complexity index is 368. The maximum atomic E-state index is 13.0. The summed E-state index contributed by atoms with van der Waals surface area (Å²) in [5.41, 5.74) is 6.66. The van der Waals surface area contributed by atoms with Crippen LogP contribution in [0.5, 0.6) is 0 Å². The number of rotatable bonds is 2. The van der Waals surface area contributed by atoms with E-state index in [1.807, 2.05) is 0 Å². The van der Waals surface area contributed by atoms with Gasteiger partial charge < -0.3 is 5.73 Å². The van der Waals surface area contributed by atoms with Crippen LogP contribution in [0.15, 0.2) is 18.2 Å². The van der Waals surface area contributed by atoms with Gasteiger partial charge in [-0.2, -0.15) is 0 Å². The van der Waals surface area contributed by atoms with Crippen LogP contribution in [-0.2, 0) is 6.54 Å². The van der Waals surface area contributed by atoms with Crippen molar-refractivity contribution in [2.24, 2.45) is 5.73 Å². The minimum Gasteiger partial charge on any atom is -0.327 e. The molecule has 0 radical (unpaired) electrons. The Kier molecular flexibility index (Phi) is 3.51. The molecule has 1 atom stereocenters. The van der Waals surface area contributed by atoms with Crippen molar-refractivity contribution in [3.8, 4) is 0 Å². The lowest BCUT2D eigenvalue weighted by Gasteiger charge is -2.30. The Hall–Kier alpha value is -1.00. The van der Waals surface area contributed by atoms with Gasteiger partial charge in [0.05, 0.1) is 0 Å². The largest absolute Gasteiger partial charge is 0.327 e. The molecule has 0 amide bonds. The highest BCUT2D eigenvalue weighted by atomic mass is 19.2. The van der Waals surface area contributed by atoms with Crippen LogP contribution in [0.4, 0.5) is 8.78 Å². The van der Waals surface area contributed by atoms with E-state index in [0.717, 1.165) is 31.5 Å². The van der Waals surface area contributed by atoms with Gasteiger partial charge in [-0.1, -0.05) is 6.07 Å². The highest BCUT2D eigenvalue weighted by Crippen LogP contribution is 2.14. The molecule has 0 aromatic heterocycles. The smallest absolute Gasteiger partial charge is 0.159 e. The van der Waals surface area contributed by atoms with Crippen LogP contribution in [0, 0.1) is 11.6 Å². The molecule has 1 aromatic rings. The first-order chi connectivity index (χ1) is 7.65. The Morgan fingerprint density at radius 1 is 1.31 bits per heavy atom. The van der Waals surface area contributed by atoms with E-state index in [2.05, 4.69) is 4.90 Å². The molecule has 0 unspecified atom stereocenters. The molecule has 0 saturated carbocycles. The molecule has 2 N–H and O–H groups in total. The first kappa shape index (κ1) is 11.5. The molecule has 4 heteroatoms. The summed E-state index contributed by atoms with van der Waals surface area (Å²) in [6.07, 6.45) is 2.12. The molecule has 1 heterocycles. The average molecular weight is 226 g/mol. The van der Waals surface area contributed by atoms with Crippen LogP contribution in [0.2, 0.25) is 0 Å². The first-order valence-corrected chi connectivity index (χ1v) is 5.57. The second-order valence-corrected chi connectivity index (χ2v) is 4.39. The number of halogens is 2. The summed E-state index contributed by atoms with van der Waals surface area (Å²) in [6, 6.07) is 4.27. The van der Waals surface area contributed by atoms with Gasteiger partial charge in [0.2, 0.25) is 0 Å². The third kappa shape index (κ3) is 2.77. The molecule has 0 bridgehead atoms. The summed E-state index contributed by atoms with van der Waals surface area (Å²) in [7, 11) is 0. The predicted octanol–water partition coefficient (Wildman–Crippen LogP) is 1.89. The summed E-state index contributed by atoms with van der Waals surface area (Å²) in [5, 5.41) is 0. The number of hydrogen-bond acceptors (Lipinski definition) is 2. The fourth-order valence-corrected chi connectivity index (χ4v) is 2.13. The van der Waals surface area contributed by atoms with Gasteiger partial charge in [-0.15, -0.1) is 0 Å². The third-order valence-electron chi connectivity index (χ3n) is 2.93. The van der Waals surface area contributed by atoms with Gasteiger partial charge in [0.25, 0.3) is 0 Å². The first-order valence-electron chi connectivity index (χ1n) is 5.57. The van der Waals surface area contributed by atoms with Crippen molar-refractivity contribution in [1.82, 2.24) is 4.90 Å². The zero-order valence-corrected chi connectivity index (χ0v) is 9.13.